The van der Waals surface area contributed by atoms with Crippen LogP contribution in [-0.2, 0) is 9.53 Å². The Labute approximate surface area is 192 Å². The highest BCUT2D eigenvalue weighted by molar-refractivity contribution is 6.02. The number of alkyl carbamates (subject to hydrolysis) is 1. The lowest BCUT2D eigenvalue weighted by Crippen LogP contribution is -2.33. The quantitative estimate of drug-likeness (QED) is 0.232. The van der Waals surface area contributed by atoms with Crippen LogP contribution in [-0.4, -0.2) is 41.4 Å². The molecule has 9 heteroatoms. The van der Waals surface area contributed by atoms with E-state index in [-0.39, 0.29) is 19.1 Å². The van der Waals surface area contributed by atoms with Gasteiger partial charge in [-0.15, -0.1) is 0 Å². The number of benzene rings is 2. The number of nitrogens with one attached hydrogen (secondary N) is 2. The number of hydrogen-bond donors (Lipinski definition) is 4. The number of amides is 3. The first kappa shape index (κ1) is 25.6. The second-order valence-corrected chi connectivity index (χ2v) is 7.22. The number of aliphatic hydroxyl groups excluding tert-OH is 1. The molecule has 0 fully saturated rings. The number of ether oxygens (including phenoxy) is 2. The van der Waals surface area contributed by atoms with Gasteiger partial charge in [0.05, 0.1) is 6.61 Å². The number of imide groups is 1. The van der Waals surface area contributed by atoms with Crippen molar-refractivity contribution in [2.45, 2.75) is 25.9 Å². The molecule has 0 aliphatic carbocycles. The maximum atomic E-state index is 12.5. The third kappa shape index (κ3) is 8.76. The van der Waals surface area contributed by atoms with Gasteiger partial charge in [0.15, 0.2) is 0 Å². The van der Waals surface area contributed by atoms with Gasteiger partial charge in [0.25, 0.3) is 11.8 Å². The average molecular weight is 456 g/mol. The summed E-state index contributed by atoms with van der Waals surface area (Å²) in [6, 6.07) is 15.2. The zero-order valence-electron chi connectivity index (χ0n) is 18.3. The number of carbonyl (C=O) groups is 3. The van der Waals surface area contributed by atoms with Crippen molar-refractivity contribution in [3.05, 3.63) is 77.9 Å². The van der Waals surface area contributed by atoms with Gasteiger partial charge in [0.2, 0.25) is 0 Å². The molecule has 2 rings (SSSR count). The summed E-state index contributed by atoms with van der Waals surface area (Å²) in [5.74, 6) is -0.909. The standard InChI is InChI=1S/C24H28N2O7/c1-17(8-5-6-13-21(28)26-31)22(19-11-7-12-20(16-19)32-15-14-27)33-24(30)25-23(29)18-9-3-2-4-10-18/h2-4,6-7,9-13,16-17,22,27,31H,5,8,14-15H2,1H3,(H,26,28)(H,25,29,30)/b13-6+/t17-,22+/m1/s1. The van der Waals surface area contributed by atoms with Crippen molar-refractivity contribution in [2.75, 3.05) is 13.2 Å². The van der Waals surface area contributed by atoms with E-state index in [9.17, 15) is 14.4 Å². The molecule has 9 nitrogen and oxygen atoms in total. The van der Waals surface area contributed by atoms with E-state index in [1.165, 1.54) is 11.6 Å². The number of rotatable bonds is 11. The number of aliphatic hydroxyl groups is 1. The van der Waals surface area contributed by atoms with E-state index in [1.807, 2.05) is 6.92 Å². The third-order valence-electron chi connectivity index (χ3n) is 4.72. The fourth-order valence-corrected chi connectivity index (χ4v) is 3.09. The molecular weight excluding hydrogens is 428 g/mol. The summed E-state index contributed by atoms with van der Waals surface area (Å²) in [7, 11) is 0. The number of hydroxylamine groups is 1. The summed E-state index contributed by atoms with van der Waals surface area (Å²) < 4.78 is 11.1. The molecule has 0 aromatic heterocycles. The SMILES string of the molecule is C[C@H](CC/C=C/C(=O)NO)[C@H](OC(=O)NC(=O)c1ccccc1)c1cccc(OCCO)c1. The normalized spacial score (nSPS) is 12.6. The maximum absolute atomic E-state index is 12.5. The first-order valence-electron chi connectivity index (χ1n) is 10.5. The molecule has 2 aromatic carbocycles. The highest BCUT2D eigenvalue weighted by Gasteiger charge is 2.25. The molecule has 3 amide bonds. The molecule has 176 valence electrons. The molecule has 0 aliphatic rings. The van der Waals surface area contributed by atoms with Gasteiger partial charge in [-0.3, -0.25) is 20.1 Å². The Bertz CT molecular complexity index is 947. The van der Waals surface area contributed by atoms with Crippen LogP contribution in [0, 0.1) is 5.92 Å². The minimum Gasteiger partial charge on any atom is -0.491 e. The lowest BCUT2D eigenvalue weighted by atomic mass is 9.93. The topological polar surface area (TPSA) is 134 Å². The van der Waals surface area contributed by atoms with Gasteiger partial charge in [-0.25, -0.2) is 10.3 Å². The van der Waals surface area contributed by atoms with E-state index >= 15 is 0 Å². The summed E-state index contributed by atoms with van der Waals surface area (Å²) in [6.45, 7) is 1.85. The molecular formula is C24H28N2O7. The molecule has 0 saturated carbocycles. The van der Waals surface area contributed by atoms with Crippen LogP contribution in [0.5, 0.6) is 5.75 Å². The summed E-state index contributed by atoms with van der Waals surface area (Å²) in [4.78, 5) is 35.9. The number of carbonyl (C=O) groups excluding carboxylic acids is 3. The Hall–Kier alpha value is -3.69. The Morgan fingerprint density at radius 3 is 2.55 bits per heavy atom. The minimum absolute atomic E-state index is 0.119. The molecule has 0 spiro atoms. The fraction of sp³-hybridized carbons (Fsp3) is 0.292. The minimum atomic E-state index is -0.891. The predicted molar refractivity (Wildman–Crippen MR) is 120 cm³/mol. The summed E-state index contributed by atoms with van der Waals surface area (Å²) >= 11 is 0. The van der Waals surface area contributed by atoms with Crippen molar-refractivity contribution in [2.24, 2.45) is 5.92 Å². The van der Waals surface area contributed by atoms with Gasteiger partial charge in [0.1, 0.15) is 18.5 Å². The van der Waals surface area contributed by atoms with Crippen molar-refractivity contribution in [1.29, 1.82) is 0 Å². The van der Waals surface area contributed by atoms with Crippen LogP contribution in [0.1, 0.15) is 41.8 Å². The number of allylic oxidation sites excluding steroid dienone is 1. The Balaban J connectivity index is 2.13. The predicted octanol–water partition coefficient (Wildman–Crippen LogP) is 3.14. The maximum Gasteiger partial charge on any atom is 0.414 e. The van der Waals surface area contributed by atoms with E-state index in [4.69, 9.17) is 19.8 Å². The largest absolute Gasteiger partial charge is 0.491 e. The van der Waals surface area contributed by atoms with Crippen molar-refractivity contribution >= 4 is 17.9 Å². The van der Waals surface area contributed by atoms with Crippen molar-refractivity contribution in [1.82, 2.24) is 10.8 Å². The molecule has 2 aromatic rings. The number of hydrogen-bond acceptors (Lipinski definition) is 7. The van der Waals surface area contributed by atoms with E-state index in [0.29, 0.717) is 29.7 Å². The monoisotopic (exact) mass is 456 g/mol. The molecule has 0 radical (unpaired) electrons. The van der Waals surface area contributed by atoms with Crippen LogP contribution < -0.4 is 15.5 Å². The lowest BCUT2D eigenvalue weighted by Gasteiger charge is -2.25. The second kappa shape index (κ2) is 13.7. The lowest BCUT2D eigenvalue weighted by molar-refractivity contribution is -0.124. The van der Waals surface area contributed by atoms with E-state index in [1.54, 1.807) is 60.7 Å². The van der Waals surface area contributed by atoms with Crippen LogP contribution in [0.25, 0.3) is 0 Å². The zero-order valence-corrected chi connectivity index (χ0v) is 18.3. The van der Waals surface area contributed by atoms with Gasteiger partial charge in [-0.05, 0) is 48.6 Å². The molecule has 0 saturated heterocycles. The van der Waals surface area contributed by atoms with Crippen LogP contribution in [0.4, 0.5) is 4.79 Å². The zero-order chi connectivity index (χ0) is 24.1. The average Bonchev–Trinajstić information content (AvgIpc) is 2.84. The summed E-state index contributed by atoms with van der Waals surface area (Å²) in [5, 5.41) is 19.8. The first-order chi connectivity index (χ1) is 15.9. The van der Waals surface area contributed by atoms with E-state index in [0.717, 1.165) is 0 Å². The van der Waals surface area contributed by atoms with Gasteiger partial charge in [-0.1, -0.05) is 43.3 Å². The van der Waals surface area contributed by atoms with Crippen LogP contribution in [0.2, 0.25) is 0 Å². The summed E-state index contributed by atoms with van der Waals surface area (Å²) in [6.07, 6.45) is 2.22. The summed E-state index contributed by atoms with van der Waals surface area (Å²) in [5.41, 5.74) is 2.49. The molecule has 0 heterocycles. The fourth-order valence-electron chi connectivity index (χ4n) is 3.09. The van der Waals surface area contributed by atoms with Gasteiger partial charge in [0, 0.05) is 11.6 Å². The Morgan fingerprint density at radius 2 is 1.85 bits per heavy atom. The van der Waals surface area contributed by atoms with E-state index in [2.05, 4.69) is 5.32 Å². The van der Waals surface area contributed by atoms with Gasteiger partial charge in [-0.2, -0.15) is 0 Å². The third-order valence-corrected chi connectivity index (χ3v) is 4.72. The van der Waals surface area contributed by atoms with E-state index < -0.39 is 24.0 Å². The second-order valence-electron chi connectivity index (χ2n) is 7.22. The smallest absolute Gasteiger partial charge is 0.414 e. The molecule has 0 bridgehead atoms. The first-order valence-corrected chi connectivity index (χ1v) is 10.5. The molecule has 33 heavy (non-hydrogen) atoms. The van der Waals surface area contributed by atoms with Crippen molar-refractivity contribution < 1.29 is 34.2 Å². The van der Waals surface area contributed by atoms with Crippen LogP contribution in [0.15, 0.2) is 66.7 Å². The van der Waals surface area contributed by atoms with Crippen LogP contribution in [0.3, 0.4) is 0 Å². The molecule has 4 N–H and O–H groups in total. The van der Waals surface area contributed by atoms with Crippen molar-refractivity contribution in [3.63, 3.8) is 0 Å². The highest BCUT2D eigenvalue weighted by atomic mass is 16.6. The van der Waals surface area contributed by atoms with Gasteiger partial charge >= 0.3 is 6.09 Å². The molecule has 2 atom stereocenters. The molecule has 0 aliphatic heterocycles. The highest BCUT2D eigenvalue weighted by Crippen LogP contribution is 2.31. The van der Waals surface area contributed by atoms with Crippen molar-refractivity contribution in [3.8, 4) is 5.75 Å². The molecule has 0 unspecified atom stereocenters. The van der Waals surface area contributed by atoms with Crippen LogP contribution >= 0.6 is 0 Å². The Kier molecular flexibility index (Phi) is 10.6. The Morgan fingerprint density at radius 1 is 1.09 bits per heavy atom. The van der Waals surface area contributed by atoms with Gasteiger partial charge < -0.3 is 14.6 Å².